The van der Waals surface area contributed by atoms with Crippen LogP contribution in [0, 0.1) is 5.41 Å². The molecular formula is C11H18N2. The third kappa shape index (κ3) is 2.46. The summed E-state index contributed by atoms with van der Waals surface area (Å²) in [5.74, 6) is 0. The molecule has 0 aliphatic rings. The maximum absolute atomic E-state index is 6.08. The second kappa shape index (κ2) is 3.38. The molecule has 1 aromatic carbocycles. The summed E-state index contributed by atoms with van der Waals surface area (Å²) in [4.78, 5) is 0. The number of anilines is 1. The van der Waals surface area contributed by atoms with Crippen molar-refractivity contribution in [2.75, 3.05) is 5.73 Å². The molecule has 0 bridgehead atoms. The van der Waals surface area contributed by atoms with Crippen LogP contribution in [0.4, 0.5) is 5.69 Å². The number of benzene rings is 1. The van der Waals surface area contributed by atoms with E-state index in [0.717, 1.165) is 11.3 Å². The fourth-order valence-electron chi connectivity index (χ4n) is 1.20. The highest BCUT2D eigenvalue weighted by molar-refractivity contribution is 5.40. The zero-order chi connectivity index (χ0) is 10.1. The fourth-order valence-corrected chi connectivity index (χ4v) is 1.20. The second-order valence-electron chi connectivity index (χ2n) is 4.51. The lowest BCUT2D eigenvalue weighted by molar-refractivity contribution is 0.327. The van der Waals surface area contributed by atoms with Crippen molar-refractivity contribution in [2.45, 2.75) is 26.8 Å². The fraction of sp³-hybridized carbons (Fsp3) is 0.455. The van der Waals surface area contributed by atoms with Gasteiger partial charge in [-0.05, 0) is 23.1 Å². The van der Waals surface area contributed by atoms with E-state index >= 15 is 0 Å². The van der Waals surface area contributed by atoms with Gasteiger partial charge in [0, 0.05) is 11.7 Å². The summed E-state index contributed by atoms with van der Waals surface area (Å²) in [5, 5.41) is 0. The van der Waals surface area contributed by atoms with Gasteiger partial charge in [-0.25, -0.2) is 0 Å². The van der Waals surface area contributed by atoms with Crippen LogP contribution in [0.15, 0.2) is 24.3 Å². The van der Waals surface area contributed by atoms with Gasteiger partial charge in [-0.1, -0.05) is 32.9 Å². The number of hydrogen-bond donors (Lipinski definition) is 2. The van der Waals surface area contributed by atoms with Crippen molar-refractivity contribution in [2.24, 2.45) is 11.1 Å². The third-order valence-electron chi connectivity index (χ3n) is 2.23. The largest absolute Gasteiger partial charge is 0.399 e. The van der Waals surface area contributed by atoms with Crippen molar-refractivity contribution in [1.29, 1.82) is 0 Å². The zero-order valence-electron chi connectivity index (χ0n) is 8.54. The monoisotopic (exact) mass is 178 g/mol. The minimum atomic E-state index is 0.0631. The van der Waals surface area contributed by atoms with Crippen LogP contribution in [0.3, 0.4) is 0 Å². The lowest BCUT2D eigenvalue weighted by Gasteiger charge is -2.27. The molecule has 0 aromatic heterocycles. The second-order valence-corrected chi connectivity index (χ2v) is 4.51. The highest BCUT2D eigenvalue weighted by Gasteiger charge is 2.21. The quantitative estimate of drug-likeness (QED) is 0.648. The van der Waals surface area contributed by atoms with Gasteiger partial charge in [0.25, 0.3) is 0 Å². The molecule has 0 saturated carbocycles. The first kappa shape index (κ1) is 10.1. The van der Waals surface area contributed by atoms with Gasteiger partial charge in [-0.3, -0.25) is 0 Å². The van der Waals surface area contributed by atoms with Crippen LogP contribution < -0.4 is 11.5 Å². The Morgan fingerprint density at radius 1 is 1.08 bits per heavy atom. The van der Waals surface area contributed by atoms with E-state index in [-0.39, 0.29) is 11.5 Å². The number of nitrogens with two attached hydrogens (primary N) is 2. The normalized spacial score (nSPS) is 14.2. The van der Waals surface area contributed by atoms with E-state index in [9.17, 15) is 0 Å². The van der Waals surface area contributed by atoms with E-state index < -0.39 is 0 Å². The molecule has 13 heavy (non-hydrogen) atoms. The molecule has 2 nitrogen and oxygen atoms in total. The predicted molar refractivity (Wildman–Crippen MR) is 57.2 cm³/mol. The molecule has 0 saturated heterocycles. The summed E-state index contributed by atoms with van der Waals surface area (Å²) >= 11 is 0. The molecular weight excluding hydrogens is 160 g/mol. The zero-order valence-corrected chi connectivity index (χ0v) is 8.54. The van der Waals surface area contributed by atoms with E-state index in [2.05, 4.69) is 20.8 Å². The lowest BCUT2D eigenvalue weighted by atomic mass is 9.83. The average Bonchev–Trinajstić information content (AvgIpc) is 2.03. The van der Waals surface area contributed by atoms with E-state index in [4.69, 9.17) is 11.5 Å². The summed E-state index contributed by atoms with van der Waals surface area (Å²) < 4.78 is 0. The summed E-state index contributed by atoms with van der Waals surface area (Å²) in [7, 11) is 0. The first-order chi connectivity index (χ1) is 5.91. The molecule has 2 heteroatoms. The van der Waals surface area contributed by atoms with Crippen LogP contribution in [0.1, 0.15) is 32.4 Å². The maximum atomic E-state index is 6.08. The minimum absolute atomic E-state index is 0.0631. The molecule has 72 valence electrons. The van der Waals surface area contributed by atoms with E-state index in [0.29, 0.717) is 0 Å². The van der Waals surface area contributed by atoms with E-state index in [1.807, 2.05) is 24.3 Å². The Bertz CT molecular complexity index is 269. The predicted octanol–water partition coefficient (Wildman–Crippen LogP) is 2.31. The molecule has 0 radical (unpaired) electrons. The third-order valence-corrected chi connectivity index (χ3v) is 2.23. The van der Waals surface area contributed by atoms with Gasteiger partial charge in [0.2, 0.25) is 0 Å². The summed E-state index contributed by atoms with van der Waals surface area (Å²) in [6, 6.07) is 7.83. The van der Waals surface area contributed by atoms with Crippen molar-refractivity contribution in [3.63, 3.8) is 0 Å². The molecule has 0 aliphatic carbocycles. The standard InChI is InChI=1S/C11H18N2/c1-11(2,3)10(13)8-4-6-9(12)7-5-8/h4-7,10H,12-13H2,1-3H3/t10-/m0/s1. The Kier molecular flexibility index (Phi) is 2.62. The number of nitrogen functional groups attached to an aromatic ring is 1. The molecule has 4 N–H and O–H groups in total. The van der Waals surface area contributed by atoms with Gasteiger partial charge in [-0.15, -0.1) is 0 Å². The molecule has 0 spiro atoms. The Morgan fingerprint density at radius 3 is 1.92 bits per heavy atom. The van der Waals surface area contributed by atoms with Gasteiger partial charge >= 0.3 is 0 Å². The van der Waals surface area contributed by atoms with Crippen LogP contribution >= 0.6 is 0 Å². The summed E-state index contributed by atoms with van der Waals surface area (Å²) in [6.07, 6.45) is 0. The van der Waals surface area contributed by atoms with Crippen molar-refractivity contribution in [3.8, 4) is 0 Å². The van der Waals surface area contributed by atoms with Crippen molar-refractivity contribution in [3.05, 3.63) is 29.8 Å². The van der Waals surface area contributed by atoms with Gasteiger partial charge in [0.1, 0.15) is 0 Å². The van der Waals surface area contributed by atoms with Crippen molar-refractivity contribution in [1.82, 2.24) is 0 Å². The van der Waals surface area contributed by atoms with E-state index in [1.54, 1.807) is 0 Å². The van der Waals surface area contributed by atoms with Crippen molar-refractivity contribution >= 4 is 5.69 Å². The van der Waals surface area contributed by atoms with Gasteiger partial charge in [-0.2, -0.15) is 0 Å². The smallest absolute Gasteiger partial charge is 0.0344 e. The first-order valence-corrected chi connectivity index (χ1v) is 4.52. The Labute approximate surface area is 79.9 Å². The molecule has 0 amide bonds. The van der Waals surface area contributed by atoms with Crippen LogP contribution in [-0.4, -0.2) is 0 Å². The molecule has 0 aliphatic heterocycles. The van der Waals surface area contributed by atoms with E-state index in [1.165, 1.54) is 0 Å². The Morgan fingerprint density at radius 2 is 1.54 bits per heavy atom. The SMILES string of the molecule is CC(C)(C)[C@@H](N)c1ccc(N)cc1. The summed E-state index contributed by atoms with van der Waals surface area (Å²) in [5.41, 5.74) is 13.7. The molecule has 1 atom stereocenters. The molecule has 0 fully saturated rings. The van der Waals surface area contributed by atoms with Gasteiger partial charge in [0.15, 0.2) is 0 Å². The maximum Gasteiger partial charge on any atom is 0.0344 e. The Balaban J connectivity index is 2.90. The van der Waals surface area contributed by atoms with Crippen LogP contribution in [0.2, 0.25) is 0 Å². The van der Waals surface area contributed by atoms with Gasteiger partial charge < -0.3 is 11.5 Å². The van der Waals surface area contributed by atoms with Crippen LogP contribution in [0.25, 0.3) is 0 Å². The summed E-state index contributed by atoms with van der Waals surface area (Å²) in [6.45, 7) is 6.40. The molecule has 0 heterocycles. The number of rotatable bonds is 1. The van der Waals surface area contributed by atoms with Crippen molar-refractivity contribution < 1.29 is 0 Å². The first-order valence-electron chi connectivity index (χ1n) is 4.52. The topological polar surface area (TPSA) is 52.0 Å². The Hall–Kier alpha value is -1.02. The van der Waals surface area contributed by atoms with Crippen LogP contribution in [0.5, 0.6) is 0 Å². The highest BCUT2D eigenvalue weighted by Crippen LogP contribution is 2.30. The average molecular weight is 178 g/mol. The van der Waals surface area contributed by atoms with Crippen LogP contribution in [-0.2, 0) is 0 Å². The molecule has 1 aromatic rings. The lowest BCUT2D eigenvalue weighted by Crippen LogP contribution is -2.26. The minimum Gasteiger partial charge on any atom is -0.399 e. The number of hydrogen-bond acceptors (Lipinski definition) is 2. The highest BCUT2D eigenvalue weighted by atomic mass is 14.7. The molecule has 0 unspecified atom stereocenters. The van der Waals surface area contributed by atoms with Gasteiger partial charge in [0.05, 0.1) is 0 Å². The molecule has 1 rings (SSSR count).